The number of benzene rings is 1. The van der Waals surface area contributed by atoms with Crippen LogP contribution >= 0.6 is 11.3 Å². The Bertz CT molecular complexity index is 1170. The van der Waals surface area contributed by atoms with Gasteiger partial charge in [0.1, 0.15) is 11.3 Å². The standard InChI is InChI=1S/C21H20N4O4S/c1-29-17-8-3-2-6-16(17)23-18(26)10-13-11-30-21(22-13)25-20(28)14-9-12-5-4-7-15(12)24-19(14)27/h2-3,6,8-9,11H,4-5,7,10H2,1H3,(H,23,26)(H,24,27)(H,22,25,28). The second kappa shape index (κ2) is 8.50. The number of hydrogen-bond donors (Lipinski definition) is 3. The number of ether oxygens (including phenoxy) is 1. The quantitative estimate of drug-likeness (QED) is 0.563. The summed E-state index contributed by atoms with van der Waals surface area (Å²) in [5.41, 5.74) is 2.68. The number of aromatic amines is 1. The van der Waals surface area contributed by atoms with Crippen LogP contribution in [0.25, 0.3) is 0 Å². The predicted octanol–water partition coefficient (Wildman–Crippen LogP) is 2.76. The summed E-state index contributed by atoms with van der Waals surface area (Å²) in [6.45, 7) is 0. The number of methoxy groups -OCH3 is 1. The van der Waals surface area contributed by atoms with Crippen molar-refractivity contribution < 1.29 is 14.3 Å². The molecule has 8 nitrogen and oxygen atoms in total. The summed E-state index contributed by atoms with van der Waals surface area (Å²) in [4.78, 5) is 44.1. The van der Waals surface area contributed by atoms with Crippen LogP contribution in [0.5, 0.6) is 5.75 Å². The Balaban J connectivity index is 1.40. The molecule has 2 aromatic heterocycles. The molecule has 3 aromatic rings. The van der Waals surface area contributed by atoms with Gasteiger partial charge in [-0.3, -0.25) is 19.7 Å². The normalized spacial score (nSPS) is 12.3. The smallest absolute Gasteiger partial charge is 0.263 e. The molecule has 2 amide bonds. The van der Waals surface area contributed by atoms with Crippen LogP contribution in [0.1, 0.15) is 33.7 Å². The molecule has 0 aliphatic heterocycles. The van der Waals surface area contributed by atoms with Gasteiger partial charge in [0.15, 0.2) is 5.13 Å². The van der Waals surface area contributed by atoms with Gasteiger partial charge in [0.2, 0.25) is 5.91 Å². The van der Waals surface area contributed by atoms with Gasteiger partial charge in [-0.2, -0.15) is 0 Å². The van der Waals surface area contributed by atoms with Crippen molar-refractivity contribution in [3.8, 4) is 5.75 Å². The molecule has 0 bridgehead atoms. The Kier molecular flexibility index (Phi) is 5.62. The van der Waals surface area contributed by atoms with Gasteiger partial charge in [-0.25, -0.2) is 4.98 Å². The van der Waals surface area contributed by atoms with Crippen LogP contribution in [0.3, 0.4) is 0 Å². The number of nitrogens with one attached hydrogen (secondary N) is 3. The fraction of sp³-hybridized carbons (Fsp3) is 0.238. The first-order valence-corrected chi connectivity index (χ1v) is 10.3. The molecule has 0 fully saturated rings. The lowest BCUT2D eigenvalue weighted by Crippen LogP contribution is -2.24. The van der Waals surface area contributed by atoms with E-state index in [0.717, 1.165) is 30.5 Å². The average molecular weight is 424 g/mol. The summed E-state index contributed by atoms with van der Waals surface area (Å²) in [6.07, 6.45) is 2.71. The number of amides is 2. The number of fused-ring (bicyclic) bond motifs is 1. The largest absolute Gasteiger partial charge is 0.495 e. The van der Waals surface area contributed by atoms with E-state index in [1.807, 2.05) is 6.07 Å². The molecule has 0 saturated heterocycles. The minimum absolute atomic E-state index is 0.0455. The lowest BCUT2D eigenvalue weighted by atomic mass is 10.1. The van der Waals surface area contributed by atoms with E-state index in [1.165, 1.54) is 18.4 Å². The highest BCUT2D eigenvalue weighted by molar-refractivity contribution is 7.14. The van der Waals surface area contributed by atoms with Crippen LogP contribution < -0.4 is 20.9 Å². The minimum atomic E-state index is -0.509. The highest BCUT2D eigenvalue weighted by atomic mass is 32.1. The molecule has 1 aliphatic carbocycles. The van der Waals surface area contributed by atoms with Gasteiger partial charge < -0.3 is 15.0 Å². The first-order chi connectivity index (χ1) is 14.5. The number of H-pyrrole nitrogens is 1. The maximum absolute atomic E-state index is 12.5. The van der Waals surface area contributed by atoms with Gasteiger partial charge in [0, 0.05) is 11.1 Å². The number of carbonyl (C=O) groups excluding carboxylic acids is 2. The number of anilines is 2. The number of rotatable bonds is 6. The van der Waals surface area contributed by atoms with E-state index in [0.29, 0.717) is 22.3 Å². The second-order valence-corrected chi connectivity index (χ2v) is 7.75. The minimum Gasteiger partial charge on any atom is -0.495 e. The zero-order chi connectivity index (χ0) is 21.1. The first kappa shape index (κ1) is 19.8. The fourth-order valence-electron chi connectivity index (χ4n) is 3.40. The Morgan fingerprint density at radius 2 is 2.07 bits per heavy atom. The van der Waals surface area contributed by atoms with Crippen molar-refractivity contribution in [1.29, 1.82) is 0 Å². The Morgan fingerprint density at radius 3 is 2.90 bits per heavy atom. The number of para-hydroxylation sites is 2. The van der Waals surface area contributed by atoms with Crippen LogP contribution in [-0.4, -0.2) is 28.9 Å². The molecular formula is C21H20N4O4S. The van der Waals surface area contributed by atoms with E-state index in [9.17, 15) is 14.4 Å². The van der Waals surface area contributed by atoms with Crippen LogP contribution in [0.2, 0.25) is 0 Å². The van der Waals surface area contributed by atoms with Gasteiger partial charge in [-0.05, 0) is 43.0 Å². The molecule has 0 radical (unpaired) electrons. The molecule has 4 rings (SSSR count). The summed E-state index contributed by atoms with van der Waals surface area (Å²) >= 11 is 1.20. The Morgan fingerprint density at radius 1 is 1.23 bits per heavy atom. The zero-order valence-electron chi connectivity index (χ0n) is 16.3. The van der Waals surface area contributed by atoms with Crippen molar-refractivity contribution >= 4 is 34.0 Å². The van der Waals surface area contributed by atoms with E-state index in [-0.39, 0.29) is 17.9 Å². The first-order valence-electron chi connectivity index (χ1n) is 9.47. The summed E-state index contributed by atoms with van der Waals surface area (Å²) in [7, 11) is 1.53. The lowest BCUT2D eigenvalue weighted by Gasteiger charge is -2.09. The number of hydrogen-bond acceptors (Lipinski definition) is 6. The number of pyridine rings is 1. The summed E-state index contributed by atoms with van der Waals surface area (Å²) in [5, 5.41) is 7.47. The van der Waals surface area contributed by atoms with Crippen LogP contribution in [0, 0.1) is 0 Å². The monoisotopic (exact) mass is 424 g/mol. The summed E-state index contributed by atoms with van der Waals surface area (Å²) < 4.78 is 5.22. The highest BCUT2D eigenvalue weighted by Gasteiger charge is 2.19. The van der Waals surface area contributed by atoms with Crippen molar-refractivity contribution in [3.63, 3.8) is 0 Å². The molecule has 0 unspecified atom stereocenters. The van der Waals surface area contributed by atoms with Crippen molar-refractivity contribution in [2.75, 3.05) is 17.7 Å². The molecule has 0 spiro atoms. The number of thiazole rings is 1. The SMILES string of the molecule is COc1ccccc1NC(=O)Cc1csc(NC(=O)c2cc3c([nH]c2=O)CCC3)n1. The molecule has 2 heterocycles. The van der Waals surface area contributed by atoms with Crippen LogP contribution in [-0.2, 0) is 24.1 Å². The molecular weight excluding hydrogens is 404 g/mol. The molecule has 3 N–H and O–H groups in total. The number of aryl methyl sites for hydroxylation is 2. The molecule has 0 atom stereocenters. The van der Waals surface area contributed by atoms with E-state index >= 15 is 0 Å². The average Bonchev–Trinajstić information content (AvgIpc) is 3.36. The predicted molar refractivity (Wildman–Crippen MR) is 114 cm³/mol. The number of aromatic nitrogens is 2. The van der Waals surface area contributed by atoms with Crippen molar-refractivity contribution in [2.45, 2.75) is 25.7 Å². The van der Waals surface area contributed by atoms with E-state index in [1.54, 1.807) is 29.6 Å². The number of carbonyl (C=O) groups is 2. The van der Waals surface area contributed by atoms with Crippen LogP contribution in [0.15, 0.2) is 40.5 Å². The van der Waals surface area contributed by atoms with Gasteiger partial charge in [-0.15, -0.1) is 11.3 Å². The second-order valence-electron chi connectivity index (χ2n) is 6.89. The molecule has 1 aromatic carbocycles. The summed E-state index contributed by atoms with van der Waals surface area (Å²) in [5.74, 6) is -0.195. The third-order valence-electron chi connectivity index (χ3n) is 4.83. The highest BCUT2D eigenvalue weighted by Crippen LogP contribution is 2.24. The lowest BCUT2D eigenvalue weighted by molar-refractivity contribution is -0.115. The maximum Gasteiger partial charge on any atom is 0.263 e. The maximum atomic E-state index is 12.5. The third kappa shape index (κ3) is 4.25. The van der Waals surface area contributed by atoms with E-state index in [4.69, 9.17) is 4.74 Å². The van der Waals surface area contributed by atoms with Crippen molar-refractivity contribution in [3.05, 3.63) is 68.6 Å². The van der Waals surface area contributed by atoms with Gasteiger partial charge in [-0.1, -0.05) is 12.1 Å². The third-order valence-corrected chi connectivity index (χ3v) is 5.63. The molecule has 154 valence electrons. The molecule has 1 aliphatic rings. The fourth-order valence-corrected chi connectivity index (χ4v) is 4.10. The van der Waals surface area contributed by atoms with Gasteiger partial charge in [0.05, 0.1) is 24.9 Å². The van der Waals surface area contributed by atoms with Gasteiger partial charge in [0.25, 0.3) is 11.5 Å². The van der Waals surface area contributed by atoms with Crippen molar-refractivity contribution in [2.24, 2.45) is 0 Å². The Labute approximate surface area is 176 Å². The topological polar surface area (TPSA) is 113 Å². The Hall–Kier alpha value is -3.46. The van der Waals surface area contributed by atoms with Crippen LogP contribution in [0.4, 0.5) is 10.8 Å². The van der Waals surface area contributed by atoms with Gasteiger partial charge >= 0.3 is 0 Å². The summed E-state index contributed by atoms with van der Waals surface area (Å²) in [6, 6.07) is 8.78. The number of nitrogens with zero attached hydrogens (tertiary/aromatic N) is 1. The molecule has 0 saturated carbocycles. The van der Waals surface area contributed by atoms with E-state index in [2.05, 4.69) is 20.6 Å². The van der Waals surface area contributed by atoms with Crippen molar-refractivity contribution in [1.82, 2.24) is 9.97 Å². The zero-order valence-corrected chi connectivity index (χ0v) is 17.1. The molecule has 30 heavy (non-hydrogen) atoms. The van der Waals surface area contributed by atoms with E-state index < -0.39 is 11.5 Å². The molecule has 9 heteroatoms.